The summed E-state index contributed by atoms with van der Waals surface area (Å²) in [5.41, 5.74) is 6.31. The van der Waals surface area contributed by atoms with E-state index in [0.717, 1.165) is 29.4 Å². The third kappa shape index (κ3) is 4.73. The molecule has 1 saturated heterocycles. The molecule has 2 rings (SSSR count). The molecule has 1 fully saturated rings. The van der Waals surface area contributed by atoms with Crippen LogP contribution in [0, 0.1) is 5.92 Å². The van der Waals surface area contributed by atoms with E-state index in [2.05, 4.69) is 21.2 Å². The monoisotopic (exact) mass is 367 g/mol. The highest BCUT2D eigenvalue weighted by Crippen LogP contribution is 2.21. The molecule has 120 valence electrons. The Morgan fingerprint density at radius 1 is 1.41 bits per heavy atom. The minimum Gasteiger partial charge on any atom is -0.370 e. The van der Waals surface area contributed by atoms with Crippen molar-refractivity contribution in [3.63, 3.8) is 0 Å². The first kappa shape index (κ1) is 16.8. The molecule has 0 radical (unpaired) electrons. The zero-order valence-corrected chi connectivity index (χ0v) is 14.3. The molecular weight excluding hydrogens is 346 g/mol. The number of hydrogen-bond acceptors (Lipinski definition) is 2. The molecule has 0 saturated carbocycles. The molecular formula is C16H22BrN3O2. The van der Waals surface area contributed by atoms with Gasteiger partial charge in [0.15, 0.2) is 0 Å². The number of urea groups is 1. The van der Waals surface area contributed by atoms with E-state index in [4.69, 9.17) is 5.73 Å². The highest BCUT2D eigenvalue weighted by Gasteiger charge is 2.25. The van der Waals surface area contributed by atoms with Crippen molar-refractivity contribution in [1.29, 1.82) is 0 Å². The zero-order valence-electron chi connectivity index (χ0n) is 12.7. The number of likely N-dealkylation sites (tertiary alicyclic amines) is 1. The lowest BCUT2D eigenvalue weighted by Gasteiger charge is -2.33. The molecule has 0 spiro atoms. The molecule has 3 N–H and O–H groups in total. The summed E-state index contributed by atoms with van der Waals surface area (Å²) in [5, 5.41) is 3.01. The van der Waals surface area contributed by atoms with Gasteiger partial charge in [0, 0.05) is 24.0 Å². The predicted octanol–water partition coefficient (Wildman–Crippen LogP) is 2.81. The Morgan fingerprint density at radius 3 is 2.73 bits per heavy atom. The van der Waals surface area contributed by atoms with Crippen LogP contribution >= 0.6 is 15.9 Å². The second kappa shape index (κ2) is 7.63. The summed E-state index contributed by atoms with van der Waals surface area (Å²) < 4.78 is 1.01. The molecule has 1 aromatic carbocycles. The maximum Gasteiger partial charge on any atom is 0.317 e. The highest BCUT2D eigenvalue weighted by molar-refractivity contribution is 9.10. The molecule has 0 aromatic heterocycles. The van der Waals surface area contributed by atoms with Crippen molar-refractivity contribution in [2.75, 3.05) is 13.1 Å². The maximum atomic E-state index is 12.4. The van der Waals surface area contributed by atoms with Gasteiger partial charge in [0.05, 0.1) is 6.04 Å². The average molecular weight is 368 g/mol. The number of rotatable bonds is 4. The van der Waals surface area contributed by atoms with Crippen LogP contribution < -0.4 is 11.1 Å². The number of hydrogen-bond donors (Lipinski definition) is 2. The second-order valence-corrected chi connectivity index (χ2v) is 6.76. The van der Waals surface area contributed by atoms with E-state index >= 15 is 0 Å². The van der Waals surface area contributed by atoms with Crippen molar-refractivity contribution in [1.82, 2.24) is 10.2 Å². The van der Waals surface area contributed by atoms with Crippen LogP contribution in [0.1, 0.15) is 37.8 Å². The lowest BCUT2D eigenvalue weighted by Crippen LogP contribution is -2.46. The first-order valence-corrected chi connectivity index (χ1v) is 8.34. The summed E-state index contributed by atoms with van der Waals surface area (Å²) in [6.07, 6.45) is 2.22. The number of carbonyl (C=O) groups is 2. The molecule has 0 bridgehead atoms. The minimum absolute atomic E-state index is 0.0582. The van der Waals surface area contributed by atoms with E-state index in [0.29, 0.717) is 13.0 Å². The number of halogens is 1. The fourth-order valence-electron chi connectivity index (χ4n) is 2.81. The molecule has 3 amide bonds. The number of nitrogens with two attached hydrogens (primary N) is 1. The predicted molar refractivity (Wildman–Crippen MR) is 89.2 cm³/mol. The van der Waals surface area contributed by atoms with Crippen LogP contribution in [0.3, 0.4) is 0 Å². The van der Waals surface area contributed by atoms with Crippen molar-refractivity contribution in [3.05, 3.63) is 34.3 Å². The van der Waals surface area contributed by atoms with Crippen molar-refractivity contribution >= 4 is 27.9 Å². The number of nitrogens with zero attached hydrogens (tertiary/aromatic N) is 1. The number of nitrogens with one attached hydrogen (secondary N) is 1. The normalized spacial score (nSPS) is 19.5. The van der Waals surface area contributed by atoms with Gasteiger partial charge in [0.25, 0.3) is 0 Å². The van der Waals surface area contributed by atoms with Crippen LogP contribution in [0.25, 0.3) is 0 Å². The summed E-state index contributed by atoms with van der Waals surface area (Å²) in [6, 6.07) is 7.76. The third-order valence-corrected chi connectivity index (χ3v) is 4.53. The van der Waals surface area contributed by atoms with E-state index in [1.165, 1.54) is 0 Å². The Hall–Kier alpha value is -1.56. The topological polar surface area (TPSA) is 75.4 Å². The molecule has 5 nitrogen and oxygen atoms in total. The van der Waals surface area contributed by atoms with Crippen LogP contribution in [-0.4, -0.2) is 29.9 Å². The summed E-state index contributed by atoms with van der Waals surface area (Å²) in [6.45, 7) is 3.29. The van der Waals surface area contributed by atoms with E-state index in [9.17, 15) is 9.59 Å². The SMILES string of the molecule is C[C@@H](NC(=O)N1CCCC(CC(N)=O)C1)c1ccc(Br)cc1. The Morgan fingerprint density at radius 2 is 2.09 bits per heavy atom. The fraction of sp³-hybridized carbons (Fsp3) is 0.500. The van der Waals surface area contributed by atoms with Gasteiger partial charge in [0.1, 0.15) is 0 Å². The number of carbonyl (C=O) groups excluding carboxylic acids is 2. The molecule has 6 heteroatoms. The van der Waals surface area contributed by atoms with Crippen molar-refractivity contribution in [2.24, 2.45) is 11.7 Å². The van der Waals surface area contributed by atoms with Gasteiger partial charge in [-0.1, -0.05) is 28.1 Å². The summed E-state index contributed by atoms with van der Waals surface area (Å²) in [5.74, 6) is -0.115. The van der Waals surface area contributed by atoms with Crippen molar-refractivity contribution in [2.45, 2.75) is 32.2 Å². The second-order valence-electron chi connectivity index (χ2n) is 5.85. The average Bonchev–Trinajstić information content (AvgIpc) is 2.47. The molecule has 1 unspecified atom stereocenters. The standard InChI is InChI=1S/C16H22BrN3O2/c1-11(13-4-6-14(17)7-5-13)19-16(22)20-8-2-3-12(10-20)9-15(18)21/h4-7,11-12H,2-3,8-10H2,1H3,(H2,18,21)(H,19,22)/t11-,12?/m1/s1. The first-order valence-electron chi connectivity index (χ1n) is 7.55. The molecule has 0 aliphatic carbocycles. The first-order chi connectivity index (χ1) is 10.5. The Labute approximate surface area is 139 Å². The Kier molecular flexibility index (Phi) is 5.83. The molecule has 22 heavy (non-hydrogen) atoms. The van der Waals surface area contributed by atoms with Gasteiger partial charge in [-0.3, -0.25) is 4.79 Å². The molecule has 1 aromatic rings. The summed E-state index contributed by atoms with van der Waals surface area (Å²) >= 11 is 3.40. The van der Waals surface area contributed by atoms with Gasteiger partial charge in [-0.25, -0.2) is 4.79 Å². The van der Waals surface area contributed by atoms with Crippen LogP contribution in [0.2, 0.25) is 0 Å². The van der Waals surface area contributed by atoms with E-state index in [1.54, 1.807) is 4.90 Å². The molecule has 1 aliphatic heterocycles. The van der Waals surface area contributed by atoms with Crippen LogP contribution in [0.4, 0.5) is 4.79 Å². The van der Waals surface area contributed by atoms with Gasteiger partial charge in [-0.2, -0.15) is 0 Å². The van der Waals surface area contributed by atoms with E-state index < -0.39 is 0 Å². The largest absolute Gasteiger partial charge is 0.370 e. The van der Waals surface area contributed by atoms with Crippen LogP contribution in [0.15, 0.2) is 28.7 Å². The van der Waals surface area contributed by atoms with Gasteiger partial charge >= 0.3 is 6.03 Å². The summed E-state index contributed by atoms with van der Waals surface area (Å²) in [4.78, 5) is 25.2. The van der Waals surface area contributed by atoms with Crippen LogP contribution in [-0.2, 0) is 4.79 Å². The fourth-order valence-corrected chi connectivity index (χ4v) is 3.08. The van der Waals surface area contributed by atoms with Crippen molar-refractivity contribution < 1.29 is 9.59 Å². The quantitative estimate of drug-likeness (QED) is 0.858. The number of primary amides is 1. The number of piperidine rings is 1. The van der Waals surface area contributed by atoms with E-state index in [-0.39, 0.29) is 23.9 Å². The van der Waals surface area contributed by atoms with Crippen LogP contribution in [0.5, 0.6) is 0 Å². The van der Waals surface area contributed by atoms with E-state index in [1.807, 2.05) is 31.2 Å². The highest BCUT2D eigenvalue weighted by atomic mass is 79.9. The minimum atomic E-state index is -0.296. The van der Waals surface area contributed by atoms with Crippen molar-refractivity contribution in [3.8, 4) is 0 Å². The zero-order chi connectivity index (χ0) is 16.1. The lowest BCUT2D eigenvalue weighted by molar-refractivity contribution is -0.119. The number of benzene rings is 1. The maximum absolute atomic E-state index is 12.4. The molecule has 2 atom stereocenters. The summed E-state index contributed by atoms with van der Waals surface area (Å²) in [7, 11) is 0. The van der Waals surface area contributed by atoms with Gasteiger partial charge in [0.2, 0.25) is 5.91 Å². The Balaban J connectivity index is 1.90. The molecule has 1 aliphatic rings. The lowest BCUT2D eigenvalue weighted by atomic mass is 9.95. The Bertz CT molecular complexity index is 533. The van der Waals surface area contributed by atoms with Gasteiger partial charge in [-0.15, -0.1) is 0 Å². The number of amides is 3. The van der Waals surface area contributed by atoms with Gasteiger partial charge < -0.3 is 16.0 Å². The third-order valence-electron chi connectivity index (χ3n) is 4.01. The molecule has 1 heterocycles. The van der Waals surface area contributed by atoms with Gasteiger partial charge in [-0.05, 0) is 43.4 Å². The smallest absolute Gasteiger partial charge is 0.317 e.